The van der Waals surface area contributed by atoms with E-state index in [-0.39, 0.29) is 23.9 Å². The molecule has 2 rings (SSSR count). The van der Waals surface area contributed by atoms with Crippen molar-refractivity contribution in [2.24, 2.45) is 17.6 Å². The van der Waals surface area contributed by atoms with Gasteiger partial charge in [-0.25, -0.2) is 4.79 Å². The maximum atomic E-state index is 12.7. The number of nitrogens with one attached hydrogen (secondary N) is 1. The second-order valence-electron chi connectivity index (χ2n) is 6.93. The Morgan fingerprint density at radius 1 is 1.23 bits per heavy atom. The van der Waals surface area contributed by atoms with Crippen molar-refractivity contribution < 1.29 is 9.59 Å². The highest BCUT2D eigenvalue weighted by Gasteiger charge is 2.35. The summed E-state index contributed by atoms with van der Waals surface area (Å²) in [6.45, 7) is 7.46. The number of amides is 3. The number of nitrogens with zero attached hydrogens (tertiary/aromatic N) is 2. The molecule has 3 N–H and O–H groups in total. The fraction of sp³-hybridized carbons (Fsp3) is 0.875. The summed E-state index contributed by atoms with van der Waals surface area (Å²) in [5, 5.41) is 2.94. The van der Waals surface area contributed by atoms with Gasteiger partial charge in [0.15, 0.2) is 0 Å². The van der Waals surface area contributed by atoms with Crippen molar-refractivity contribution in [1.82, 2.24) is 15.1 Å². The zero-order chi connectivity index (χ0) is 16.1. The molecule has 2 fully saturated rings. The summed E-state index contributed by atoms with van der Waals surface area (Å²) in [4.78, 5) is 28.6. The van der Waals surface area contributed by atoms with Crippen LogP contribution in [0.4, 0.5) is 4.79 Å². The van der Waals surface area contributed by atoms with Crippen molar-refractivity contribution in [3.8, 4) is 0 Å². The van der Waals surface area contributed by atoms with E-state index in [1.54, 1.807) is 4.90 Å². The Labute approximate surface area is 133 Å². The summed E-state index contributed by atoms with van der Waals surface area (Å²) in [7, 11) is 0. The average molecular weight is 310 g/mol. The average Bonchev–Trinajstić information content (AvgIpc) is 3.00. The molecule has 2 heterocycles. The smallest absolute Gasteiger partial charge is 0.317 e. The third-order valence-electron chi connectivity index (χ3n) is 4.65. The van der Waals surface area contributed by atoms with Crippen molar-refractivity contribution in [1.29, 1.82) is 0 Å². The van der Waals surface area contributed by atoms with E-state index in [1.807, 2.05) is 4.90 Å². The minimum absolute atomic E-state index is 0.0389. The van der Waals surface area contributed by atoms with Gasteiger partial charge in [-0.3, -0.25) is 4.79 Å². The Morgan fingerprint density at radius 3 is 2.64 bits per heavy atom. The van der Waals surface area contributed by atoms with Crippen LogP contribution in [0.5, 0.6) is 0 Å². The van der Waals surface area contributed by atoms with Crippen LogP contribution in [0, 0.1) is 11.8 Å². The SMILES string of the molecule is CC(C)CNC(=O)N1CCCC(C(=O)N2CCCC2CN)C1. The predicted octanol–water partition coefficient (Wildman–Crippen LogP) is 1.01. The number of urea groups is 1. The molecule has 2 atom stereocenters. The van der Waals surface area contributed by atoms with Gasteiger partial charge in [0, 0.05) is 38.8 Å². The highest BCUT2D eigenvalue weighted by Crippen LogP contribution is 2.24. The quantitative estimate of drug-likeness (QED) is 0.813. The van der Waals surface area contributed by atoms with Crippen LogP contribution in [0.2, 0.25) is 0 Å². The van der Waals surface area contributed by atoms with Gasteiger partial charge < -0.3 is 20.9 Å². The first-order valence-corrected chi connectivity index (χ1v) is 8.56. The minimum atomic E-state index is -0.0642. The lowest BCUT2D eigenvalue weighted by Gasteiger charge is -2.35. The maximum Gasteiger partial charge on any atom is 0.317 e. The number of carbonyl (C=O) groups excluding carboxylic acids is 2. The molecule has 126 valence electrons. The van der Waals surface area contributed by atoms with Crippen LogP contribution in [-0.4, -0.2) is 60.5 Å². The van der Waals surface area contributed by atoms with Crippen molar-refractivity contribution in [2.45, 2.75) is 45.6 Å². The third-order valence-corrected chi connectivity index (χ3v) is 4.65. The monoisotopic (exact) mass is 310 g/mol. The molecule has 22 heavy (non-hydrogen) atoms. The molecule has 0 aromatic rings. The fourth-order valence-electron chi connectivity index (χ4n) is 3.37. The zero-order valence-corrected chi connectivity index (χ0v) is 13.9. The van der Waals surface area contributed by atoms with E-state index < -0.39 is 0 Å². The van der Waals surface area contributed by atoms with Crippen LogP contribution in [0.1, 0.15) is 39.5 Å². The number of likely N-dealkylation sites (tertiary alicyclic amines) is 2. The van der Waals surface area contributed by atoms with Gasteiger partial charge in [-0.1, -0.05) is 13.8 Å². The van der Waals surface area contributed by atoms with Gasteiger partial charge in [-0.15, -0.1) is 0 Å². The summed E-state index contributed by atoms with van der Waals surface area (Å²) in [5.41, 5.74) is 5.77. The van der Waals surface area contributed by atoms with Crippen molar-refractivity contribution in [2.75, 3.05) is 32.7 Å². The lowest BCUT2D eigenvalue weighted by Crippen LogP contribution is -2.51. The Balaban J connectivity index is 1.89. The van der Waals surface area contributed by atoms with Gasteiger partial charge >= 0.3 is 6.03 Å². The first kappa shape index (κ1) is 17.1. The fourth-order valence-corrected chi connectivity index (χ4v) is 3.37. The zero-order valence-electron chi connectivity index (χ0n) is 13.9. The number of carbonyl (C=O) groups is 2. The maximum absolute atomic E-state index is 12.7. The number of rotatable bonds is 4. The van der Waals surface area contributed by atoms with Gasteiger partial charge in [0.2, 0.25) is 5.91 Å². The molecule has 0 radical (unpaired) electrons. The number of piperidine rings is 1. The molecule has 0 aromatic heterocycles. The number of hydrogen-bond acceptors (Lipinski definition) is 3. The molecule has 2 aliphatic heterocycles. The van der Waals surface area contributed by atoms with Gasteiger partial charge in [-0.05, 0) is 31.6 Å². The molecule has 0 aromatic carbocycles. The normalized spacial score (nSPS) is 25.6. The molecule has 0 spiro atoms. The van der Waals surface area contributed by atoms with Crippen LogP contribution in [0.15, 0.2) is 0 Å². The highest BCUT2D eigenvalue weighted by molar-refractivity contribution is 5.81. The first-order valence-electron chi connectivity index (χ1n) is 8.56. The number of nitrogens with two attached hydrogens (primary N) is 1. The molecule has 3 amide bonds. The molecule has 0 saturated carbocycles. The van der Waals surface area contributed by atoms with E-state index in [1.165, 1.54) is 0 Å². The summed E-state index contributed by atoms with van der Waals surface area (Å²) in [6.07, 6.45) is 3.82. The van der Waals surface area contributed by atoms with Gasteiger partial charge in [-0.2, -0.15) is 0 Å². The molecule has 2 saturated heterocycles. The topological polar surface area (TPSA) is 78.7 Å². The van der Waals surface area contributed by atoms with Crippen molar-refractivity contribution in [3.63, 3.8) is 0 Å². The molecule has 0 bridgehead atoms. The highest BCUT2D eigenvalue weighted by atomic mass is 16.2. The summed E-state index contributed by atoms with van der Waals surface area (Å²) in [5.74, 6) is 0.557. The molecular weight excluding hydrogens is 280 g/mol. The second kappa shape index (κ2) is 7.81. The second-order valence-corrected chi connectivity index (χ2v) is 6.93. The lowest BCUT2D eigenvalue weighted by atomic mass is 9.96. The van der Waals surface area contributed by atoms with E-state index in [9.17, 15) is 9.59 Å². The van der Waals surface area contributed by atoms with E-state index in [0.29, 0.717) is 25.6 Å². The summed E-state index contributed by atoms with van der Waals surface area (Å²) >= 11 is 0. The van der Waals surface area contributed by atoms with Gasteiger partial charge in [0.1, 0.15) is 0 Å². The number of hydrogen-bond donors (Lipinski definition) is 2. The van der Waals surface area contributed by atoms with Gasteiger partial charge in [0.25, 0.3) is 0 Å². The largest absolute Gasteiger partial charge is 0.338 e. The van der Waals surface area contributed by atoms with Crippen LogP contribution < -0.4 is 11.1 Å². The summed E-state index contributed by atoms with van der Waals surface area (Å²) in [6, 6.07) is 0.153. The minimum Gasteiger partial charge on any atom is -0.338 e. The Kier molecular flexibility index (Phi) is 6.06. The van der Waals surface area contributed by atoms with Crippen LogP contribution >= 0.6 is 0 Å². The Morgan fingerprint density at radius 2 is 1.95 bits per heavy atom. The van der Waals surface area contributed by atoms with Crippen molar-refractivity contribution in [3.05, 3.63) is 0 Å². The molecule has 6 heteroatoms. The molecule has 2 aliphatic rings. The summed E-state index contributed by atoms with van der Waals surface area (Å²) < 4.78 is 0. The van der Waals surface area contributed by atoms with E-state index >= 15 is 0 Å². The van der Waals surface area contributed by atoms with Gasteiger partial charge in [0.05, 0.1) is 5.92 Å². The Hall–Kier alpha value is -1.30. The van der Waals surface area contributed by atoms with Crippen molar-refractivity contribution >= 4 is 11.9 Å². The predicted molar refractivity (Wildman–Crippen MR) is 86.3 cm³/mol. The molecule has 2 unspecified atom stereocenters. The van der Waals surface area contributed by atoms with Crippen LogP contribution in [0.3, 0.4) is 0 Å². The molecule has 0 aliphatic carbocycles. The molecular formula is C16H30N4O2. The van der Waals surface area contributed by atoms with E-state index in [0.717, 1.165) is 38.8 Å². The van der Waals surface area contributed by atoms with Crippen LogP contribution in [-0.2, 0) is 4.79 Å². The Bertz CT molecular complexity index is 400. The van der Waals surface area contributed by atoms with E-state index in [2.05, 4.69) is 19.2 Å². The van der Waals surface area contributed by atoms with E-state index in [4.69, 9.17) is 5.73 Å². The lowest BCUT2D eigenvalue weighted by molar-refractivity contribution is -0.137. The third kappa shape index (κ3) is 4.12. The first-order chi connectivity index (χ1) is 10.5. The van der Waals surface area contributed by atoms with Crippen LogP contribution in [0.25, 0.3) is 0 Å². The standard InChI is InChI=1S/C16H30N4O2/c1-12(2)10-18-16(22)19-7-3-5-13(11-19)15(21)20-8-4-6-14(20)9-17/h12-14H,3-11,17H2,1-2H3,(H,18,22). The molecule has 6 nitrogen and oxygen atoms in total.